The molecule has 0 unspecified atom stereocenters. The lowest BCUT2D eigenvalue weighted by atomic mass is 10.4. The molecule has 2 aromatic rings. The lowest BCUT2D eigenvalue weighted by molar-refractivity contribution is 0.308. The van der Waals surface area contributed by atoms with Crippen molar-refractivity contribution in [2.75, 3.05) is 5.73 Å². The first kappa shape index (κ1) is 10.8. The van der Waals surface area contributed by atoms with Crippen LogP contribution in [0.25, 0.3) is 0 Å². The fourth-order valence-electron chi connectivity index (χ4n) is 0.952. The van der Waals surface area contributed by atoms with Crippen molar-refractivity contribution >= 4 is 40.0 Å². The molecular formula is C8H5Cl2N5O. The molecule has 2 rings (SSSR count). The first-order valence-corrected chi connectivity index (χ1v) is 4.87. The molecule has 0 fully saturated rings. The number of hydrogen-bond donors (Lipinski definition) is 1. The third-order valence-corrected chi connectivity index (χ3v) is 2.10. The average Bonchev–Trinajstić information content (AvgIpc) is 2.64. The second kappa shape index (κ2) is 4.46. The summed E-state index contributed by atoms with van der Waals surface area (Å²) in [5, 5.41) is 7.23. The highest BCUT2D eigenvalue weighted by Crippen LogP contribution is 2.16. The zero-order valence-electron chi connectivity index (χ0n) is 7.76. The molecule has 0 aliphatic heterocycles. The highest BCUT2D eigenvalue weighted by molar-refractivity contribution is 6.70. The van der Waals surface area contributed by atoms with Crippen LogP contribution in [0.4, 0.5) is 11.6 Å². The Balaban J connectivity index is 2.35. The van der Waals surface area contributed by atoms with E-state index in [-0.39, 0.29) is 16.7 Å². The summed E-state index contributed by atoms with van der Waals surface area (Å²) in [5.41, 5.74) is 5.62. The molecule has 0 aliphatic carbocycles. The van der Waals surface area contributed by atoms with Gasteiger partial charge in [-0.05, 0) is 22.4 Å². The molecule has 0 amide bonds. The van der Waals surface area contributed by atoms with Crippen molar-refractivity contribution in [1.82, 2.24) is 15.3 Å². The summed E-state index contributed by atoms with van der Waals surface area (Å²) in [6.07, 6.45) is 0. The Morgan fingerprint density at radius 2 is 2.19 bits per heavy atom. The Hall–Kier alpha value is -1.66. The Morgan fingerprint density at radius 3 is 2.81 bits per heavy atom. The summed E-state index contributed by atoms with van der Waals surface area (Å²) in [7, 11) is 0. The van der Waals surface area contributed by atoms with Crippen LogP contribution in [-0.2, 0) is 0 Å². The van der Waals surface area contributed by atoms with E-state index in [0.29, 0.717) is 11.0 Å². The van der Waals surface area contributed by atoms with Crippen LogP contribution in [0, 0.1) is 0 Å². The molecule has 2 heterocycles. The molecule has 16 heavy (non-hydrogen) atoms. The summed E-state index contributed by atoms with van der Waals surface area (Å²) in [6.45, 7) is 0. The van der Waals surface area contributed by atoms with Crippen LogP contribution in [0.2, 0.25) is 5.15 Å². The van der Waals surface area contributed by atoms with Gasteiger partial charge >= 0.3 is 0 Å². The fraction of sp³-hybridized carbons (Fsp3) is 0. The molecule has 0 saturated carbocycles. The molecule has 0 aromatic carbocycles. The van der Waals surface area contributed by atoms with E-state index in [0.717, 1.165) is 0 Å². The number of hydrogen-bond acceptors (Lipinski definition) is 6. The minimum absolute atomic E-state index is 0.0357. The van der Waals surface area contributed by atoms with Crippen molar-refractivity contribution in [3.8, 4) is 0 Å². The maximum absolute atomic E-state index is 5.86. The molecule has 0 radical (unpaired) electrons. The number of aromatic nitrogens is 3. The van der Waals surface area contributed by atoms with Crippen LogP contribution in [0.3, 0.4) is 0 Å². The molecule has 8 heteroatoms. The van der Waals surface area contributed by atoms with Crippen molar-refractivity contribution in [1.29, 1.82) is 0 Å². The molecule has 2 aromatic heterocycles. The van der Waals surface area contributed by atoms with Gasteiger partial charge in [-0.2, -0.15) is 0 Å². The van der Waals surface area contributed by atoms with E-state index < -0.39 is 0 Å². The number of nitrogens with two attached hydrogens (primary N) is 1. The lowest BCUT2D eigenvalue weighted by Gasteiger charge is -1.95. The van der Waals surface area contributed by atoms with E-state index in [1.165, 1.54) is 0 Å². The van der Waals surface area contributed by atoms with Crippen LogP contribution in [0.1, 0.15) is 5.69 Å². The molecule has 0 bridgehead atoms. The number of halogens is 2. The molecule has 0 aliphatic rings. The molecule has 0 saturated heterocycles. The Labute approximate surface area is 100 Å². The first-order valence-electron chi connectivity index (χ1n) is 4.12. The van der Waals surface area contributed by atoms with Crippen molar-refractivity contribution in [3.63, 3.8) is 0 Å². The van der Waals surface area contributed by atoms with Gasteiger partial charge in [-0.25, -0.2) is 14.6 Å². The number of pyridine rings is 1. The van der Waals surface area contributed by atoms with Gasteiger partial charge < -0.3 is 5.73 Å². The van der Waals surface area contributed by atoms with Gasteiger partial charge in [-0.1, -0.05) is 29.3 Å². The van der Waals surface area contributed by atoms with Crippen molar-refractivity contribution in [2.24, 2.45) is 4.99 Å². The second-order valence-electron chi connectivity index (χ2n) is 2.72. The summed E-state index contributed by atoms with van der Waals surface area (Å²) in [4.78, 5) is 7.89. The topological polar surface area (TPSA) is 90.2 Å². The minimum atomic E-state index is 0.0357. The van der Waals surface area contributed by atoms with Gasteiger partial charge in [0, 0.05) is 0 Å². The number of anilines is 1. The van der Waals surface area contributed by atoms with Gasteiger partial charge in [0.05, 0.1) is 0 Å². The number of nitrogens with zero attached hydrogens (tertiary/aromatic N) is 4. The average molecular weight is 258 g/mol. The van der Waals surface area contributed by atoms with E-state index in [1.807, 2.05) is 0 Å². The van der Waals surface area contributed by atoms with Gasteiger partial charge in [0.1, 0.15) is 5.15 Å². The highest BCUT2D eigenvalue weighted by atomic mass is 35.5. The van der Waals surface area contributed by atoms with Gasteiger partial charge in [-0.3, -0.25) is 0 Å². The summed E-state index contributed by atoms with van der Waals surface area (Å²) < 4.78 is 4.39. The molecule has 2 N–H and O–H groups in total. The highest BCUT2D eigenvalue weighted by Gasteiger charge is 2.11. The molecule has 82 valence electrons. The number of aliphatic imine (C=N–C) groups is 1. The zero-order valence-corrected chi connectivity index (χ0v) is 9.27. The van der Waals surface area contributed by atoms with Gasteiger partial charge in [0.25, 0.3) is 0 Å². The van der Waals surface area contributed by atoms with E-state index in [4.69, 9.17) is 28.9 Å². The monoisotopic (exact) mass is 257 g/mol. The van der Waals surface area contributed by atoms with Crippen molar-refractivity contribution in [2.45, 2.75) is 0 Å². The Kier molecular flexibility index (Phi) is 3.02. The number of nitrogen functional groups attached to an aromatic ring is 1. The smallest absolute Gasteiger partial charge is 0.198 e. The fourth-order valence-corrected chi connectivity index (χ4v) is 1.33. The predicted octanol–water partition coefficient (Wildman–Crippen LogP) is 2.02. The van der Waals surface area contributed by atoms with E-state index in [9.17, 15) is 0 Å². The minimum Gasteiger partial charge on any atom is -0.379 e. The molecular weight excluding hydrogens is 253 g/mol. The maximum Gasteiger partial charge on any atom is 0.198 e. The maximum atomic E-state index is 5.86. The Morgan fingerprint density at radius 1 is 1.38 bits per heavy atom. The van der Waals surface area contributed by atoms with Gasteiger partial charge in [0.2, 0.25) is 0 Å². The standard InChI is InChI=1S/C8H5Cl2N5O/c9-4-2-1-3-5(12-4)13-7(10)6-8(11)15-16-14-6/h1-3H,(H2,11,15)/b13-7-. The summed E-state index contributed by atoms with van der Waals surface area (Å²) >= 11 is 11.6. The lowest BCUT2D eigenvalue weighted by Crippen LogP contribution is -1.97. The van der Waals surface area contributed by atoms with Crippen molar-refractivity contribution in [3.05, 3.63) is 29.0 Å². The summed E-state index contributed by atoms with van der Waals surface area (Å²) in [5.74, 6) is 0.413. The Bertz CT molecular complexity index is 539. The van der Waals surface area contributed by atoms with Crippen molar-refractivity contribution < 1.29 is 4.63 Å². The first-order chi connectivity index (χ1) is 7.66. The largest absolute Gasteiger partial charge is 0.379 e. The van der Waals surface area contributed by atoms with E-state index in [2.05, 4.69) is 24.9 Å². The van der Waals surface area contributed by atoms with Crippen LogP contribution in [0.15, 0.2) is 27.8 Å². The van der Waals surface area contributed by atoms with Crippen LogP contribution in [-0.4, -0.2) is 20.5 Å². The summed E-state index contributed by atoms with van der Waals surface area (Å²) in [6, 6.07) is 4.96. The van der Waals surface area contributed by atoms with E-state index >= 15 is 0 Å². The molecule has 0 spiro atoms. The van der Waals surface area contributed by atoms with Crippen LogP contribution < -0.4 is 5.73 Å². The normalized spacial score (nSPS) is 11.8. The van der Waals surface area contributed by atoms with Gasteiger partial charge in [0.15, 0.2) is 22.5 Å². The van der Waals surface area contributed by atoms with Gasteiger partial charge in [-0.15, -0.1) is 0 Å². The second-order valence-corrected chi connectivity index (χ2v) is 3.46. The van der Waals surface area contributed by atoms with Crippen LogP contribution in [0.5, 0.6) is 0 Å². The third-order valence-electron chi connectivity index (χ3n) is 1.62. The quantitative estimate of drug-likeness (QED) is 0.657. The van der Waals surface area contributed by atoms with E-state index in [1.54, 1.807) is 18.2 Å². The predicted molar refractivity (Wildman–Crippen MR) is 60.0 cm³/mol. The SMILES string of the molecule is Nc1nonc1/C(Cl)=N/c1cccc(Cl)n1. The number of rotatable bonds is 2. The molecule has 6 nitrogen and oxygen atoms in total. The molecule has 0 atom stereocenters. The third kappa shape index (κ3) is 2.29. The van der Waals surface area contributed by atoms with Crippen LogP contribution >= 0.6 is 23.2 Å². The zero-order chi connectivity index (χ0) is 11.5.